The summed E-state index contributed by atoms with van der Waals surface area (Å²) in [6.45, 7) is 14.5. The Kier molecular flexibility index (Phi) is 5.56. The number of nitrogens with zero attached hydrogens (tertiary/aromatic N) is 3. The molecule has 0 fully saturated rings. The molecule has 0 unspecified atom stereocenters. The van der Waals surface area contributed by atoms with Gasteiger partial charge in [-0.2, -0.15) is 5.10 Å². The normalized spacial score (nSPS) is 16.1. The second kappa shape index (κ2) is 7.78. The second-order valence-corrected chi connectivity index (χ2v) is 8.12. The zero-order valence-electron chi connectivity index (χ0n) is 18.8. The predicted molar refractivity (Wildman–Crippen MR) is 123 cm³/mol. The molecule has 1 aliphatic rings. The largest absolute Gasteiger partial charge is 0.504 e. The maximum absolute atomic E-state index is 11.0. The molecule has 0 saturated heterocycles. The summed E-state index contributed by atoms with van der Waals surface area (Å²) in [7, 11) is 1.93. The number of hydrazone groups is 1. The van der Waals surface area contributed by atoms with E-state index in [-0.39, 0.29) is 5.76 Å². The highest BCUT2D eigenvalue weighted by Crippen LogP contribution is 2.34. The Bertz CT molecular complexity index is 1010. The topological polar surface area (TPSA) is 39.1 Å². The molecule has 4 heteroatoms. The van der Waals surface area contributed by atoms with Crippen molar-refractivity contribution in [3.8, 4) is 0 Å². The molecular weight excluding hydrogens is 358 g/mol. The summed E-state index contributed by atoms with van der Waals surface area (Å²) in [4.78, 5) is 1.92. The van der Waals surface area contributed by atoms with Crippen molar-refractivity contribution in [2.45, 2.75) is 48.5 Å². The highest BCUT2D eigenvalue weighted by atomic mass is 16.3. The second-order valence-electron chi connectivity index (χ2n) is 8.12. The highest BCUT2D eigenvalue weighted by Gasteiger charge is 2.29. The molecule has 2 aromatic rings. The van der Waals surface area contributed by atoms with E-state index in [9.17, 15) is 5.11 Å². The van der Waals surface area contributed by atoms with Crippen molar-refractivity contribution >= 4 is 17.6 Å². The summed E-state index contributed by atoms with van der Waals surface area (Å²) in [6.07, 6.45) is 3.76. The first-order valence-corrected chi connectivity index (χ1v) is 9.96. The molecule has 0 radical (unpaired) electrons. The zero-order chi connectivity index (χ0) is 21.5. The van der Waals surface area contributed by atoms with Gasteiger partial charge < -0.3 is 10.0 Å². The summed E-state index contributed by atoms with van der Waals surface area (Å²) < 4.78 is 0. The number of anilines is 1. The van der Waals surface area contributed by atoms with Crippen LogP contribution in [0.5, 0.6) is 0 Å². The van der Waals surface area contributed by atoms with Crippen LogP contribution in [0.25, 0.3) is 6.08 Å². The minimum Gasteiger partial charge on any atom is -0.504 e. The van der Waals surface area contributed by atoms with E-state index < -0.39 is 0 Å². The lowest BCUT2D eigenvalue weighted by molar-refractivity contribution is 0.404. The van der Waals surface area contributed by atoms with E-state index in [2.05, 4.69) is 65.8 Å². The molecule has 0 bridgehead atoms. The SMILES string of the molecule is CC1=NN(c2c(C)cc(C)cc2C)/C(=C(O)/C=C/c2c(C)cc(C)cc2C)N1C. The summed E-state index contributed by atoms with van der Waals surface area (Å²) in [5.74, 6) is 1.69. The van der Waals surface area contributed by atoms with E-state index in [0.717, 1.165) is 28.2 Å². The molecule has 3 rings (SSSR count). The Morgan fingerprint density at radius 3 is 1.83 bits per heavy atom. The molecule has 0 atom stereocenters. The smallest absolute Gasteiger partial charge is 0.178 e. The van der Waals surface area contributed by atoms with E-state index in [0.29, 0.717) is 5.82 Å². The first-order valence-electron chi connectivity index (χ1n) is 9.96. The fourth-order valence-electron chi connectivity index (χ4n) is 4.19. The van der Waals surface area contributed by atoms with E-state index in [1.165, 1.54) is 22.3 Å². The number of hydrogen-bond acceptors (Lipinski definition) is 4. The molecule has 1 aliphatic heterocycles. The first-order chi connectivity index (χ1) is 13.6. The molecule has 0 spiro atoms. The number of allylic oxidation sites excluding steroid dienone is 1. The van der Waals surface area contributed by atoms with E-state index >= 15 is 0 Å². The van der Waals surface area contributed by atoms with Crippen LogP contribution in [0.15, 0.2) is 47.0 Å². The Labute approximate surface area is 174 Å². The van der Waals surface area contributed by atoms with Crippen molar-refractivity contribution in [2.24, 2.45) is 5.10 Å². The Hall–Kier alpha value is -3.01. The maximum atomic E-state index is 11.0. The minimum absolute atomic E-state index is 0.187. The monoisotopic (exact) mass is 389 g/mol. The van der Waals surface area contributed by atoms with Gasteiger partial charge in [0.05, 0.1) is 5.69 Å². The molecule has 0 aromatic heterocycles. The van der Waals surface area contributed by atoms with Crippen molar-refractivity contribution in [3.63, 3.8) is 0 Å². The quantitative estimate of drug-likeness (QED) is 0.648. The number of hydrogen-bond donors (Lipinski definition) is 1. The lowest BCUT2D eigenvalue weighted by atomic mass is 9.99. The van der Waals surface area contributed by atoms with Crippen LogP contribution in [0.4, 0.5) is 5.69 Å². The summed E-state index contributed by atoms with van der Waals surface area (Å²) >= 11 is 0. The molecule has 0 amide bonds. The van der Waals surface area contributed by atoms with Gasteiger partial charge in [0, 0.05) is 7.05 Å². The van der Waals surface area contributed by atoms with Gasteiger partial charge in [-0.3, -0.25) is 0 Å². The molecule has 1 N–H and O–H groups in total. The van der Waals surface area contributed by atoms with Crippen LogP contribution in [0.2, 0.25) is 0 Å². The van der Waals surface area contributed by atoms with Gasteiger partial charge in [0.1, 0.15) is 5.84 Å². The van der Waals surface area contributed by atoms with Gasteiger partial charge in [-0.15, -0.1) is 0 Å². The number of aliphatic hydroxyl groups excluding tert-OH is 1. The Balaban J connectivity index is 2.09. The van der Waals surface area contributed by atoms with Crippen LogP contribution in [-0.4, -0.2) is 22.9 Å². The number of aliphatic hydroxyl groups is 1. The van der Waals surface area contributed by atoms with Crippen LogP contribution in [-0.2, 0) is 0 Å². The molecule has 1 heterocycles. The van der Waals surface area contributed by atoms with Gasteiger partial charge in [0.15, 0.2) is 11.6 Å². The molecular formula is C25H31N3O. The van der Waals surface area contributed by atoms with Crippen molar-refractivity contribution in [2.75, 3.05) is 12.1 Å². The average molecular weight is 390 g/mol. The van der Waals surface area contributed by atoms with E-state index in [1.807, 2.05) is 30.0 Å². The van der Waals surface area contributed by atoms with Gasteiger partial charge in [0.2, 0.25) is 0 Å². The summed E-state index contributed by atoms with van der Waals surface area (Å²) in [5, 5.41) is 17.6. The highest BCUT2D eigenvalue weighted by molar-refractivity contribution is 5.87. The fourth-order valence-corrected chi connectivity index (χ4v) is 4.19. The molecule has 152 valence electrons. The van der Waals surface area contributed by atoms with Crippen LogP contribution in [0, 0.1) is 41.5 Å². The van der Waals surface area contributed by atoms with Gasteiger partial charge >= 0.3 is 0 Å². The molecule has 4 nitrogen and oxygen atoms in total. The van der Waals surface area contributed by atoms with E-state index in [1.54, 1.807) is 6.08 Å². The van der Waals surface area contributed by atoms with Crippen molar-refractivity contribution in [1.29, 1.82) is 0 Å². The molecule has 0 saturated carbocycles. The van der Waals surface area contributed by atoms with Crippen LogP contribution in [0.3, 0.4) is 0 Å². The van der Waals surface area contributed by atoms with Crippen molar-refractivity contribution in [1.82, 2.24) is 4.90 Å². The Morgan fingerprint density at radius 2 is 1.31 bits per heavy atom. The van der Waals surface area contributed by atoms with Gasteiger partial charge in [-0.25, -0.2) is 5.01 Å². The minimum atomic E-state index is 0.187. The molecule has 29 heavy (non-hydrogen) atoms. The van der Waals surface area contributed by atoms with Crippen LogP contribution >= 0.6 is 0 Å². The number of aryl methyl sites for hydroxylation is 6. The lowest BCUT2D eigenvalue weighted by Crippen LogP contribution is -2.26. The van der Waals surface area contributed by atoms with E-state index in [4.69, 9.17) is 5.10 Å². The standard InChI is InChI=1S/C25H31N3O/c1-15-11-17(3)22(18(4)12-15)9-10-23(29)25-27(8)21(7)26-28(25)24-19(5)13-16(2)14-20(24)6/h9-14,29H,1-8H3/b10-9+,25-23-. The number of rotatable bonds is 3. The van der Waals surface area contributed by atoms with Crippen molar-refractivity contribution in [3.05, 3.63) is 80.9 Å². The van der Waals surface area contributed by atoms with Crippen LogP contribution in [0.1, 0.15) is 45.9 Å². The summed E-state index contributed by atoms with van der Waals surface area (Å²) in [6, 6.07) is 8.62. The zero-order valence-corrected chi connectivity index (χ0v) is 18.8. The third-order valence-corrected chi connectivity index (χ3v) is 5.47. The first kappa shape index (κ1) is 20.7. The fraction of sp³-hybridized carbons (Fsp3) is 0.320. The van der Waals surface area contributed by atoms with Crippen LogP contribution < -0.4 is 5.01 Å². The van der Waals surface area contributed by atoms with Gasteiger partial charge in [0.25, 0.3) is 0 Å². The van der Waals surface area contributed by atoms with Crippen molar-refractivity contribution < 1.29 is 5.11 Å². The maximum Gasteiger partial charge on any atom is 0.178 e. The average Bonchev–Trinajstić information content (AvgIpc) is 2.87. The predicted octanol–water partition coefficient (Wildman–Crippen LogP) is 6.06. The Morgan fingerprint density at radius 1 is 0.828 bits per heavy atom. The third-order valence-electron chi connectivity index (χ3n) is 5.47. The van der Waals surface area contributed by atoms with Gasteiger partial charge in [-0.1, -0.05) is 41.5 Å². The number of amidine groups is 1. The lowest BCUT2D eigenvalue weighted by Gasteiger charge is -2.24. The third kappa shape index (κ3) is 3.93. The van der Waals surface area contributed by atoms with Gasteiger partial charge in [-0.05, 0) is 82.4 Å². The molecule has 0 aliphatic carbocycles. The summed E-state index contributed by atoms with van der Waals surface area (Å²) in [5.41, 5.74) is 9.28. The molecule has 2 aromatic carbocycles. The number of benzene rings is 2.